The Morgan fingerprint density at radius 3 is 2.43 bits per heavy atom. The Morgan fingerprint density at radius 2 is 2.00 bits per heavy atom. The summed E-state index contributed by atoms with van der Waals surface area (Å²) in [7, 11) is 0. The summed E-state index contributed by atoms with van der Waals surface area (Å²) in [5, 5.41) is 0. The van der Waals surface area contributed by atoms with Crippen LogP contribution in [0.1, 0.15) is 6.92 Å². The maximum atomic E-state index is 10.6. The summed E-state index contributed by atoms with van der Waals surface area (Å²) < 4.78 is 19.3. The third kappa shape index (κ3) is 3.15. The molecule has 0 aliphatic carbocycles. The van der Waals surface area contributed by atoms with Crippen LogP contribution in [0.4, 0.5) is 5.69 Å². The van der Waals surface area contributed by atoms with Gasteiger partial charge in [-0.05, 0) is 24.3 Å². The molecular weight excluding hydrogens is 206 g/mol. The third-order valence-corrected chi connectivity index (χ3v) is 2.04. The highest BCUT2D eigenvalue weighted by atomic mass is 32.2. The molecule has 76 valence electrons. The number of anilines is 1. The number of hydrogen-bond donors (Lipinski definition) is 2. The number of carbonyl (C=O) groups is 1. The highest BCUT2D eigenvalue weighted by Gasteiger charge is 1.99. The standard InChI is InChI=1S/C8H9NO4S/c1-6(10)13-9-7-2-4-8(5-3-7)14(11)12/h2-5,9H,1H3,(H,11,12). The zero-order valence-electron chi connectivity index (χ0n) is 7.39. The zero-order valence-corrected chi connectivity index (χ0v) is 8.21. The SMILES string of the molecule is CC(=O)ONc1ccc(S(=O)O)cc1. The van der Waals surface area contributed by atoms with Gasteiger partial charge in [0, 0.05) is 6.92 Å². The lowest BCUT2D eigenvalue weighted by Crippen LogP contribution is -2.05. The first-order chi connectivity index (χ1) is 6.59. The molecule has 0 spiro atoms. The summed E-state index contributed by atoms with van der Waals surface area (Å²) in [5.74, 6) is -0.459. The molecule has 0 saturated heterocycles. The van der Waals surface area contributed by atoms with E-state index in [-0.39, 0.29) is 0 Å². The van der Waals surface area contributed by atoms with E-state index in [1.807, 2.05) is 0 Å². The Balaban J connectivity index is 2.64. The van der Waals surface area contributed by atoms with Crippen molar-refractivity contribution in [3.8, 4) is 0 Å². The van der Waals surface area contributed by atoms with Crippen LogP contribution in [0.2, 0.25) is 0 Å². The van der Waals surface area contributed by atoms with Crippen LogP contribution in [0.3, 0.4) is 0 Å². The molecule has 1 unspecified atom stereocenters. The minimum absolute atomic E-state index is 0.290. The van der Waals surface area contributed by atoms with Crippen molar-refractivity contribution in [2.24, 2.45) is 0 Å². The molecular formula is C8H9NO4S. The van der Waals surface area contributed by atoms with Gasteiger partial charge in [0.2, 0.25) is 0 Å². The van der Waals surface area contributed by atoms with Crippen molar-refractivity contribution >= 4 is 22.7 Å². The lowest BCUT2D eigenvalue weighted by molar-refractivity contribution is -0.138. The van der Waals surface area contributed by atoms with Crippen molar-refractivity contribution in [1.29, 1.82) is 0 Å². The lowest BCUT2D eigenvalue weighted by Gasteiger charge is -2.04. The highest BCUT2D eigenvalue weighted by Crippen LogP contribution is 2.11. The number of hydrogen-bond acceptors (Lipinski definition) is 4. The second-order valence-corrected chi connectivity index (χ2v) is 3.44. The lowest BCUT2D eigenvalue weighted by atomic mass is 10.3. The monoisotopic (exact) mass is 215 g/mol. The fraction of sp³-hybridized carbons (Fsp3) is 0.125. The highest BCUT2D eigenvalue weighted by molar-refractivity contribution is 7.79. The van der Waals surface area contributed by atoms with E-state index in [4.69, 9.17) is 4.55 Å². The molecule has 1 aromatic carbocycles. The summed E-state index contributed by atoms with van der Waals surface area (Å²) >= 11 is -1.99. The van der Waals surface area contributed by atoms with Crippen molar-refractivity contribution in [1.82, 2.24) is 0 Å². The van der Waals surface area contributed by atoms with E-state index >= 15 is 0 Å². The van der Waals surface area contributed by atoms with Crippen molar-refractivity contribution in [2.45, 2.75) is 11.8 Å². The molecule has 1 atom stereocenters. The molecule has 0 radical (unpaired) electrons. The predicted molar refractivity (Wildman–Crippen MR) is 50.9 cm³/mol. The molecule has 14 heavy (non-hydrogen) atoms. The van der Waals surface area contributed by atoms with Gasteiger partial charge in [0.05, 0.1) is 10.6 Å². The van der Waals surface area contributed by atoms with Crippen LogP contribution in [0.25, 0.3) is 0 Å². The van der Waals surface area contributed by atoms with Gasteiger partial charge in [0.15, 0.2) is 11.1 Å². The average Bonchev–Trinajstić information content (AvgIpc) is 2.15. The number of nitrogens with one attached hydrogen (secondary N) is 1. The Labute approximate surface area is 83.3 Å². The zero-order chi connectivity index (χ0) is 10.6. The van der Waals surface area contributed by atoms with Gasteiger partial charge >= 0.3 is 5.97 Å². The van der Waals surface area contributed by atoms with Gasteiger partial charge in [0.1, 0.15) is 0 Å². The van der Waals surface area contributed by atoms with Gasteiger partial charge in [-0.1, -0.05) is 0 Å². The van der Waals surface area contributed by atoms with Gasteiger partial charge in [-0.3, -0.25) is 4.79 Å². The maximum absolute atomic E-state index is 10.6. The van der Waals surface area contributed by atoms with E-state index in [0.29, 0.717) is 10.6 Å². The number of carbonyl (C=O) groups excluding carboxylic acids is 1. The first-order valence-corrected chi connectivity index (χ1v) is 4.84. The van der Waals surface area contributed by atoms with Crippen LogP contribution in [-0.2, 0) is 20.7 Å². The van der Waals surface area contributed by atoms with Gasteiger partial charge in [-0.2, -0.15) is 0 Å². The van der Waals surface area contributed by atoms with Crippen molar-refractivity contribution < 1.29 is 18.4 Å². The van der Waals surface area contributed by atoms with E-state index in [9.17, 15) is 9.00 Å². The Kier molecular flexibility index (Phi) is 3.61. The van der Waals surface area contributed by atoms with Gasteiger partial charge in [-0.15, -0.1) is 0 Å². The smallest absolute Gasteiger partial charge is 0.329 e. The van der Waals surface area contributed by atoms with Crippen LogP contribution in [0.5, 0.6) is 0 Å². The van der Waals surface area contributed by atoms with Gasteiger partial charge < -0.3 is 9.39 Å². The fourth-order valence-electron chi connectivity index (χ4n) is 0.770. The van der Waals surface area contributed by atoms with E-state index in [1.54, 1.807) is 0 Å². The topological polar surface area (TPSA) is 75.6 Å². The van der Waals surface area contributed by atoms with Crippen LogP contribution in [-0.4, -0.2) is 14.7 Å². The molecule has 0 amide bonds. The minimum atomic E-state index is -1.99. The first kappa shape index (κ1) is 10.7. The van der Waals surface area contributed by atoms with Gasteiger partial charge in [-0.25, -0.2) is 9.69 Å². The first-order valence-electron chi connectivity index (χ1n) is 3.74. The van der Waals surface area contributed by atoms with Crippen molar-refractivity contribution in [3.63, 3.8) is 0 Å². The second kappa shape index (κ2) is 4.73. The molecule has 1 rings (SSSR count). The summed E-state index contributed by atoms with van der Waals surface area (Å²) in [6.07, 6.45) is 0. The second-order valence-electron chi connectivity index (χ2n) is 2.47. The van der Waals surface area contributed by atoms with E-state index in [2.05, 4.69) is 10.3 Å². The van der Waals surface area contributed by atoms with Gasteiger partial charge in [0.25, 0.3) is 0 Å². The molecule has 0 aromatic heterocycles. The molecule has 0 aliphatic rings. The average molecular weight is 215 g/mol. The Hall–Kier alpha value is -1.40. The fourth-order valence-corrected chi connectivity index (χ4v) is 1.14. The van der Waals surface area contributed by atoms with Crippen LogP contribution >= 0.6 is 0 Å². The molecule has 0 fully saturated rings. The summed E-state index contributed by atoms with van der Waals surface area (Å²) in [6.45, 7) is 1.27. The summed E-state index contributed by atoms with van der Waals surface area (Å²) in [6, 6.07) is 5.99. The number of rotatable bonds is 3. The van der Waals surface area contributed by atoms with Crippen LogP contribution < -0.4 is 5.48 Å². The molecule has 6 heteroatoms. The summed E-state index contributed by atoms with van der Waals surface area (Å²) in [4.78, 5) is 15.2. The minimum Gasteiger partial charge on any atom is -0.344 e. The Bertz CT molecular complexity index is 349. The molecule has 0 bridgehead atoms. The third-order valence-electron chi connectivity index (χ3n) is 1.37. The quantitative estimate of drug-likeness (QED) is 0.584. The molecule has 5 nitrogen and oxygen atoms in total. The van der Waals surface area contributed by atoms with E-state index in [1.165, 1.54) is 31.2 Å². The molecule has 0 heterocycles. The Morgan fingerprint density at radius 1 is 1.43 bits per heavy atom. The maximum Gasteiger partial charge on any atom is 0.329 e. The van der Waals surface area contributed by atoms with E-state index in [0.717, 1.165) is 0 Å². The van der Waals surface area contributed by atoms with Crippen molar-refractivity contribution in [2.75, 3.05) is 5.48 Å². The molecule has 0 aliphatic heterocycles. The molecule has 1 aromatic rings. The summed E-state index contributed by atoms with van der Waals surface area (Å²) in [5.41, 5.74) is 2.92. The van der Waals surface area contributed by atoms with Crippen LogP contribution in [0, 0.1) is 0 Å². The number of benzene rings is 1. The largest absolute Gasteiger partial charge is 0.344 e. The molecule has 2 N–H and O–H groups in total. The van der Waals surface area contributed by atoms with Crippen LogP contribution in [0.15, 0.2) is 29.2 Å². The van der Waals surface area contributed by atoms with E-state index < -0.39 is 17.0 Å². The predicted octanol–water partition coefficient (Wildman–Crippen LogP) is 1.16. The van der Waals surface area contributed by atoms with Crippen molar-refractivity contribution in [3.05, 3.63) is 24.3 Å². The molecule has 0 saturated carbocycles. The normalized spacial score (nSPS) is 11.9.